The number of piperazine rings is 1. The number of rotatable bonds is 2. The Morgan fingerprint density at radius 1 is 1.04 bits per heavy atom. The van der Waals surface area contributed by atoms with Gasteiger partial charge in [0.15, 0.2) is 0 Å². The summed E-state index contributed by atoms with van der Waals surface area (Å²) >= 11 is 0. The van der Waals surface area contributed by atoms with E-state index in [4.69, 9.17) is 0 Å². The van der Waals surface area contributed by atoms with Gasteiger partial charge in [-0.25, -0.2) is 9.97 Å². The first kappa shape index (κ1) is 15.9. The van der Waals surface area contributed by atoms with Crippen LogP contribution in [-0.4, -0.2) is 52.9 Å². The van der Waals surface area contributed by atoms with Crippen molar-refractivity contribution in [3.05, 3.63) is 48.3 Å². The summed E-state index contributed by atoms with van der Waals surface area (Å²) in [5, 5.41) is 2.54. The third-order valence-corrected chi connectivity index (χ3v) is 3.89. The van der Waals surface area contributed by atoms with Gasteiger partial charge in [-0.1, -0.05) is 12.1 Å². The molecular formula is C17H19N5O2. The number of hydrogen-bond acceptors (Lipinski definition) is 5. The van der Waals surface area contributed by atoms with Crippen molar-refractivity contribution in [2.24, 2.45) is 0 Å². The molecule has 0 atom stereocenters. The maximum atomic E-state index is 12.3. The van der Waals surface area contributed by atoms with Crippen LogP contribution in [0.3, 0.4) is 0 Å². The number of nitrogens with zero attached hydrogens (tertiary/aromatic N) is 4. The van der Waals surface area contributed by atoms with E-state index in [-0.39, 0.29) is 0 Å². The largest absolute Gasteiger partial charge is 0.353 e. The van der Waals surface area contributed by atoms with Gasteiger partial charge < -0.3 is 15.1 Å². The van der Waals surface area contributed by atoms with Gasteiger partial charge in [0.1, 0.15) is 11.6 Å². The Morgan fingerprint density at radius 3 is 2.46 bits per heavy atom. The molecule has 0 saturated carbocycles. The molecule has 24 heavy (non-hydrogen) atoms. The van der Waals surface area contributed by atoms with E-state index < -0.39 is 11.8 Å². The molecule has 1 saturated heterocycles. The fourth-order valence-electron chi connectivity index (χ4n) is 2.53. The predicted octanol–water partition coefficient (Wildman–Crippen LogP) is 1.07. The van der Waals surface area contributed by atoms with Crippen LogP contribution in [0.5, 0.6) is 0 Å². The summed E-state index contributed by atoms with van der Waals surface area (Å²) in [6.45, 7) is 4.19. The summed E-state index contributed by atoms with van der Waals surface area (Å²) in [6, 6.07) is 9.25. The van der Waals surface area contributed by atoms with E-state index in [0.29, 0.717) is 32.0 Å². The molecule has 3 rings (SSSR count). The molecule has 1 aliphatic heterocycles. The minimum Gasteiger partial charge on any atom is -0.353 e. The quantitative estimate of drug-likeness (QED) is 0.836. The highest BCUT2D eigenvalue weighted by Gasteiger charge is 2.26. The number of carbonyl (C=O) groups excluding carboxylic acids is 2. The fraction of sp³-hybridized carbons (Fsp3) is 0.294. The van der Waals surface area contributed by atoms with E-state index >= 15 is 0 Å². The van der Waals surface area contributed by atoms with E-state index in [2.05, 4.69) is 20.2 Å². The van der Waals surface area contributed by atoms with Gasteiger partial charge in [0.2, 0.25) is 0 Å². The van der Waals surface area contributed by atoms with Gasteiger partial charge in [0, 0.05) is 38.6 Å². The molecule has 7 nitrogen and oxygen atoms in total. The van der Waals surface area contributed by atoms with Crippen LogP contribution in [0.1, 0.15) is 5.56 Å². The molecule has 1 fully saturated rings. The maximum absolute atomic E-state index is 12.3. The SMILES string of the molecule is Cc1ccc(NC(=O)C(=O)N2CCN(c3ccccn3)CC2)nc1. The Bertz CT molecular complexity index is 710. The zero-order valence-electron chi connectivity index (χ0n) is 13.5. The highest BCUT2D eigenvalue weighted by molar-refractivity contribution is 6.39. The molecule has 0 spiro atoms. The van der Waals surface area contributed by atoms with Crippen molar-refractivity contribution in [1.29, 1.82) is 0 Å². The van der Waals surface area contributed by atoms with Gasteiger partial charge in [-0.2, -0.15) is 0 Å². The number of pyridine rings is 2. The van der Waals surface area contributed by atoms with Crippen LogP contribution in [0, 0.1) is 6.92 Å². The monoisotopic (exact) mass is 325 g/mol. The molecule has 2 aromatic rings. The van der Waals surface area contributed by atoms with Crippen molar-refractivity contribution < 1.29 is 9.59 Å². The van der Waals surface area contributed by atoms with Crippen molar-refractivity contribution >= 4 is 23.5 Å². The van der Waals surface area contributed by atoms with E-state index in [1.807, 2.05) is 31.2 Å². The number of aromatic nitrogens is 2. The van der Waals surface area contributed by atoms with Crippen LogP contribution in [0.25, 0.3) is 0 Å². The molecular weight excluding hydrogens is 306 g/mol. The van der Waals surface area contributed by atoms with Crippen molar-refractivity contribution in [3.8, 4) is 0 Å². The molecule has 2 amide bonds. The first-order valence-electron chi connectivity index (χ1n) is 7.82. The average molecular weight is 325 g/mol. The highest BCUT2D eigenvalue weighted by atomic mass is 16.2. The number of nitrogens with one attached hydrogen (secondary N) is 1. The van der Waals surface area contributed by atoms with E-state index in [0.717, 1.165) is 11.4 Å². The van der Waals surface area contributed by atoms with E-state index in [9.17, 15) is 9.59 Å². The van der Waals surface area contributed by atoms with E-state index in [1.54, 1.807) is 23.4 Å². The third-order valence-electron chi connectivity index (χ3n) is 3.89. The Kier molecular flexibility index (Phi) is 4.69. The number of carbonyl (C=O) groups is 2. The lowest BCUT2D eigenvalue weighted by Gasteiger charge is -2.34. The standard InChI is InChI=1S/C17H19N5O2/c1-13-5-6-14(19-12-13)20-16(23)17(24)22-10-8-21(9-11-22)15-4-2-3-7-18-15/h2-7,12H,8-11H2,1H3,(H,19,20,23). The first-order valence-corrected chi connectivity index (χ1v) is 7.82. The van der Waals surface area contributed by atoms with Gasteiger partial charge in [0.05, 0.1) is 0 Å². The lowest BCUT2D eigenvalue weighted by molar-refractivity contribution is -0.143. The topological polar surface area (TPSA) is 78.4 Å². The smallest absolute Gasteiger partial charge is 0.315 e. The fourth-order valence-corrected chi connectivity index (χ4v) is 2.53. The molecule has 0 radical (unpaired) electrons. The van der Waals surface area contributed by atoms with Gasteiger partial charge >= 0.3 is 11.8 Å². The summed E-state index contributed by atoms with van der Waals surface area (Å²) in [5.41, 5.74) is 0.991. The maximum Gasteiger partial charge on any atom is 0.315 e. The van der Waals surface area contributed by atoms with E-state index in [1.165, 1.54) is 0 Å². The molecule has 0 aliphatic carbocycles. The van der Waals surface area contributed by atoms with Crippen molar-refractivity contribution in [3.63, 3.8) is 0 Å². The highest BCUT2D eigenvalue weighted by Crippen LogP contribution is 2.13. The van der Waals surface area contributed by atoms with Crippen LogP contribution < -0.4 is 10.2 Å². The van der Waals surface area contributed by atoms with Crippen molar-refractivity contribution in [2.75, 3.05) is 36.4 Å². The van der Waals surface area contributed by atoms with Crippen molar-refractivity contribution in [1.82, 2.24) is 14.9 Å². The third kappa shape index (κ3) is 3.68. The zero-order chi connectivity index (χ0) is 16.9. The predicted molar refractivity (Wildman–Crippen MR) is 90.6 cm³/mol. The van der Waals surface area contributed by atoms with Gasteiger partial charge in [-0.15, -0.1) is 0 Å². The number of hydrogen-bond donors (Lipinski definition) is 1. The van der Waals surface area contributed by atoms with Crippen LogP contribution >= 0.6 is 0 Å². The Hall–Kier alpha value is -2.96. The van der Waals surface area contributed by atoms with Crippen LogP contribution in [-0.2, 0) is 9.59 Å². The summed E-state index contributed by atoms with van der Waals surface area (Å²) in [7, 11) is 0. The average Bonchev–Trinajstić information content (AvgIpc) is 2.64. The first-order chi connectivity index (χ1) is 11.6. The Labute approximate surface area is 140 Å². The van der Waals surface area contributed by atoms with Gasteiger partial charge in [-0.3, -0.25) is 9.59 Å². The van der Waals surface area contributed by atoms with Crippen LogP contribution in [0.4, 0.5) is 11.6 Å². The minimum absolute atomic E-state index is 0.381. The molecule has 0 bridgehead atoms. The molecule has 1 N–H and O–H groups in total. The van der Waals surface area contributed by atoms with Crippen LogP contribution in [0.2, 0.25) is 0 Å². The number of amides is 2. The minimum atomic E-state index is -0.655. The Balaban J connectivity index is 1.54. The number of anilines is 2. The lowest BCUT2D eigenvalue weighted by Crippen LogP contribution is -2.51. The summed E-state index contributed by atoms with van der Waals surface area (Å²) in [4.78, 5) is 36.4. The molecule has 0 aromatic carbocycles. The Morgan fingerprint density at radius 2 is 1.83 bits per heavy atom. The molecule has 124 valence electrons. The molecule has 2 aromatic heterocycles. The van der Waals surface area contributed by atoms with Gasteiger partial charge in [-0.05, 0) is 30.7 Å². The molecule has 1 aliphatic rings. The molecule has 3 heterocycles. The molecule has 0 unspecified atom stereocenters. The summed E-state index contributed by atoms with van der Waals surface area (Å²) in [6.07, 6.45) is 3.39. The summed E-state index contributed by atoms with van der Waals surface area (Å²) < 4.78 is 0. The molecule has 7 heteroatoms. The van der Waals surface area contributed by atoms with Gasteiger partial charge in [0.25, 0.3) is 0 Å². The zero-order valence-corrected chi connectivity index (χ0v) is 13.5. The lowest BCUT2D eigenvalue weighted by atomic mass is 10.3. The summed E-state index contributed by atoms with van der Waals surface area (Å²) in [5.74, 6) is 0.0830. The van der Waals surface area contributed by atoms with Crippen molar-refractivity contribution in [2.45, 2.75) is 6.92 Å². The number of aryl methyl sites for hydroxylation is 1. The normalized spacial score (nSPS) is 14.4. The second kappa shape index (κ2) is 7.08. The second-order valence-electron chi connectivity index (χ2n) is 5.64. The van der Waals surface area contributed by atoms with Crippen LogP contribution in [0.15, 0.2) is 42.7 Å². The second-order valence-corrected chi connectivity index (χ2v) is 5.64.